The molecule has 21 heavy (non-hydrogen) atoms. The maximum absolute atomic E-state index is 6.36. The van der Waals surface area contributed by atoms with Crippen molar-refractivity contribution in [3.05, 3.63) is 47.4 Å². The van der Waals surface area contributed by atoms with E-state index in [1.807, 2.05) is 17.8 Å². The first kappa shape index (κ1) is 16.0. The van der Waals surface area contributed by atoms with Gasteiger partial charge in [0.2, 0.25) is 0 Å². The summed E-state index contributed by atoms with van der Waals surface area (Å²) in [6, 6.07) is 10.5. The van der Waals surface area contributed by atoms with Crippen molar-refractivity contribution in [3.63, 3.8) is 0 Å². The highest BCUT2D eigenvalue weighted by Crippen LogP contribution is 2.20. The van der Waals surface area contributed by atoms with Crippen LogP contribution in [-0.2, 0) is 19.4 Å². The van der Waals surface area contributed by atoms with Gasteiger partial charge in [-0.3, -0.25) is 0 Å². The highest BCUT2D eigenvalue weighted by molar-refractivity contribution is 7.99. The van der Waals surface area contributed by atoms with Gasteiger partial charge in [0.1, 0.15) is 11.6 Å². The normalized spacial score (nSPS) is 11.0. The van der Waals surface area contributed by atoms with Gasteiger partial charge in [0, 0.05) is 12.8 Å². The van der Waals surface area contributed by atoms with Crippen molar-refractivity contribution in [1.29, 1.82) is 0 Å². The van der Waals surface area contributed by atoms with Crippen molar-refractivity contribution in [1.82, 2.24) is 9.55 Å². The summed E-state index contributed by atoms with van der Waals surface area (Å²) >= 11 is 1.94. The summed E-state index contributed by atoms with van der Waals surface area (Å²) in [7, 11) is 0. The number of anilines is 1. The third-order valence-corrected chi connectivity index (χ3v) is 4.41. The number of hydrogen-bond acceptors (Lipinski definition) is 3. The van der Waals surface area contributed by atoms with Gasteiger partial charge < -0.3 is 10.3 Å². The third kappa shape index (κ3) is 4.27. The lowest BCUT2D eigenvalue weighted by Crippen LogP contribution is -2.08. The Kier molecular flexibility index (Phi) is 6.18. The second kappa shape index (κ2) is 8.13. The number of benzene rings is 1. The van der Waals surface area contributed by atoms with Crippen LogP contribution in [0.5, 0.6) is 0 Å². The molecule has 1 aromatic heterocycles. The van der Waals surface area contributed by atoms with Crippen LogP contribution in [0.1, 0.15) is 37.4 Å². The first-order chi connectivity index (χ1) is 10.3. The zero-order valence-corrected chi connectivity index (χ0v) is 13.8. The van der Waals surface area contributed by atoms with Crippen molar-refractivity contribution in [2.24, 2.45) is 0 Å². The molecule has 0 aliphatic heterocycles. The monoisotopic (exact) mass is 303 g/mol. The molecule has 1 aromatic carbocycles. The number of nitrogen functional groups attached to an aromatic ring is 1. The van der Waals surface area contributed by atoms with Crippen molar-refractivity contribution >= 4 is 17.6 Å². The van der Waals surface area contributed by atoms with Gasteiger partial charge in [-0.05, 0) is 23.5 Å². The fourth-order valence-electron chi connectivity index (χ4n) is 2.42. The summed E-state index contributed by atoms with van der Waals surface area (Å²) in [4.78, 5) is 4.79. The van der Waals surface area contributed by atoms with Crippen LogP contribution in [0.25, 0.3) is 0 Å². The van der Waals surface area contributed by atoms with E-state index in [9.17, 15) is 0 Å². The van der Waals surface area contributed by atoms with E-state index in [2.05, 4.69) is 42.7 Å². The van der Waals surface area contributed by atoms with E-state index in [1.165, 1.54) is 5.56 Å². The number of nitrogens with zero attached hydrogens (tertiary/aromatic N) is 2. The van der Waals surface area contributed by atoms with Gasteiger partial charge in [-0.2, -0.15) is 11.8 Å². The van der Waals surface area contributed by atoms with Crippen LogP contribution < -0.4 is 5.73 Å². The Morgan fingerprint density at radius 3 is 2.57 bits per heavy atom. The second-order valence-electron chi connectivity index (χ2n) is 5.13. The van der Waals surface area contributed by atoms with Gasteiger partial charge in [-0.25, -0.2) is 4.98 Å². The van der Waals surface area contributed by atoms with Crippen LogP contribution in [-0.4, -0.2) is 21.1 Å². The number of imidazole rings is 1. The van der Waals surface area contributed by atoms with Crippen LogP contribution in [0.4, 0.5) is 5.82 Å². The lowest BCUT2D eigenvalue weighted by Gasteiger charge is -2.09. The molecule has 2 N–H and O–H groups in total. The minimum Gasteiger partial charge on any atom is -0.384 e. The highest BCUT2D eigenvalue weighted by atomic mass is 32.2. The van der Waals surface area contributed by atoms with E-state index in [0.29, 0.717) is 0 Å². The van der Waals surface area contributed by atoms with Crippen molar-refractivity contribution in [3.8, 4) is 0 Å². The molecule has 4 heteroatoms. The molecule has 114 valence electrons. The molecule has 0 amide bonds. The Morgan fingerprint density at radius 2 is 1.90 bits per heavy atom. The van der Waals surface area contributed by atoms with Gasteiger partial charge in [0.15, 0.2) is 0 Å². The molecule has 0 bridgehead atoms. The topological polar surface area (TPSA) is 43.8 Å². The predicted molar refractivity (Wildman–Crippen MR) is 92.9 cm³/mol. The zero-order chi connectivity index (χ0) is 15.1. The lowest BCUT2D eigenvalue weighted by molar-refractivity contribution is 0.712. The van der Waals surface area contributed by atoms with Crippen molar-refractivity contribution in [2.45, 2.75) is 39.7 Å². The molecule has 0 spiro atoms. The summed E-state index contributed by atoms with van der Waals surface area (Å²) in [6.07, 6.45) is 3.04. The number of hydrogen-bond donors (Lipinski definition) is 1. The van der Waals surface area contributed by atoms with E-state index >= 15 is 0 Å². The quantitative estimate of drug-likeness (QED) is 0.755. The fourth-order valence-corrected chi connectivity index (χ4v) is 3.05. The highest BCUT2D eigenvalue weighted by Gasteiger charge is 2.14. The maximum atomic E-state index is 6.36. The maximum Gasteiger partial charge on any atom is 0.127 e. The molecule has 0 aliphatic rings. The summed E-state index contributed by atoms with van der Waals surface area (Å²) in [6.45, 7) is 5.19. The summed E-state index contributed by atoms with van der Waals surface area (Å²) < 4.78 is 2.19. The average Bonchev–Trinajstić information content (AvgIpc) is 2.78. The molecule has 0 saturated heterocycles. The first-order valence-corrected chi connectivity index (χ1v) is 8.87. The average molecular weight is 303 g/mol. The number of aromatic nitrogens is 2. The van der Waals surface area contributed by atoms with Crippen LogP contribution in [0, 0.1) is 0 Å². The van der Waals surface area contributed by atoms with Crippen LogP contribution in [0.2, 0.25) is 0 Å². The number of rotatable bonds is 8. The third-order valence-electron chi connectivity index (χ3n) is 3.51. The van der Waals surface area contributed by atoms with E-state index < -0.39 is 0 Å². The smallest absolute Gasteiger partial charge is 0.127 e. The van der Waals surface area contributed by atoms with Crippen molar-refractivity contribution < 1.29 is 0 Å². The van der Waals surface area contributed by atoms with E-state index in [1.54, 1.807) is 0 Å². The number of aryl methyl sites for hydroxylation is 2. The Labute approximate surface area is 132 Å². The molecule has 0 radical (unpaired) electrons. The van der Waals surface area contributed by atoms with Gasteiger partial charge in [0.25, 0.3) is 0 Å². The standard InChI is InChI=1S/C17H25N3S/c1-3-8-16-19-15(11-12-21-4-2)17(18)20(16)13-14-9-6-5-7-10-14/h5-7,9-10H,3-4,8,11-13,18H2,1-2H3. The van der Waals surface area contributed by atoms with Crippen LogP contribution in [0.15, 0.2) is 30.3 Å². The Morgan fingerprint density at radius 1 is 1.14 bits per heavy atom. The fraction of sp³-hybridized carbons (Fsp3) is 0.471. The van der Waals surface area contributed by atoms with Crippen LogP contribution >= 0.6 is 11.8 Å². The Balaban J connectivity index is 2.20. The number of thioether (sulfide) groups is 1. The predicted octanol–water partition coefficient (Wildman–Crippen LogP) is 3.76. The molecular formula is C17H25N3S. The largest absolute Gasteiger partial charge is 0.384 e. The van der Waals surface area contributed by atoms with Gasteiger partial charge in [-0.1, -0.05) is 44.2 Å². The molecule has 2 aromatic rings. The minimum atomic E-state index is 0.815. The second-order valence-corrected chi connectivity index (χ2v) is 6.52. The molecule has 2 rings (SSSR count). The van der Waals surface area contributed by atoms with Gasteiger partial charge >= 0.3 is 0 Å². The molecule has 0 saturated carbocycles. The summed E-state index contributed by atoms with van der Waals surface area (Å²) in [5, 5.41) is 0. The Bertz CT molecular complexity index is 549. The zero-order valence-electron chi connectivity index (χ0n) is 13.0. The van der Waals surface area contributed by atoms with E-state index in [0.717, 1.165) is 54.6 Å². The molecule has 0 aliphatic carbocycles. The van der Waals surface area contributed by atoms with Crippen LogP contribution in [0.3, 0.4) is 0 Å². The van der Waals surface area contributed by atoms with Gasteiger partial charge in [0.05, 0.1) is 12.2 Å². The van der Waals surface area contributed by atoms with Gasteiger partial charge in [-0.15, -0.1) is 0 Å². The number of nitrogens with two attached hydrogens (primary N) is 1. The Hall–Kier alpha value is -1.42. The molecular weight excluding hydrogens is 278 g/mol. The molecule has 3 nitrogen and oxygen atoms in total. The first-order valence-electron chi connectivity index (χ1n) is 7.71. The molecule has 1 heterocycles. The molecule has 0 fully saturated rings. The van der Waals surface area contributed by atoms with Crippen molar-refractivity contribution in [2.75, 3.05) is 17.2 Å². The summed E-state index contributed by atoms with van der Waals surface area (Å²) in [5.74, 6) is 4.20. The van der Waals surface area contributed by atoms with E-state index in [-0.39, 0.29) is 0 Å². The molecule has 0 unspecified atom stereocenters. The molecule has 0 atom stereocenters. The summed E-state index contributed by atoms with van der Waals surface area (Å²) in [5.41, 5.74) is 8.69. The SMILES string of the molecule is CCCc1nc(CCSCC)c(N)n1Cc1ccccc1. The lowest BCUT2D eigenvalue weighted by atomic mass is 10.2. The van der Waals surface area contributed by atoms with E-state index in [4.69, 9.17) is 10.7 Å². The minimum absolute atomic E-state index is 0.815.